The first-order valence-electron chi connectivity index (χ1n) is 6.67. The van der Waals surface area contributed by atoms with E-state index < -0.39 is 0 Å². The predicted octanol–water partition coefficient (Wildman–Crippen LogP) is 3.81. The molecule has 0 fully saturated rings. The Hall–Kier alpha value is -1.85. The second-order valence-corrected chi connectivity index (χ2v) is 4.89. The summed E-state index contributed by atoms with van der Waals surface area (Å²) in [6.45, 7) is 5.02. The molecule has 0 saturated carbocycles. The van der Waals surface area contributed by atoms with Crippen molar-refractivity contribution >= 4 is 17.4 Å². The fourth-order valence-corrected chi connectivity index (χ4v) is 1.91. The Labute approximate surface area is 129 Å². The molecule has 6 heteroatoms. The number of nitrogens with zero attached hydrogens (tertiary/aromatic N) is 2. The zero-order chi connectivity index (χ0) is 15.2. The highest BCUT2D eigenvalue weighted by Crippen LogP contribution is 2.26. The highest BCUT2D eigenvalue weighted by molar-refractivity contribution is 6.31. The van der Waals surface area contributed by atoms with Gasteiger partial charge in [0.2, 0.25) is 5.88 Å². The fourth-order valence-electron chi connectivity index (χ4n) is 1.79. The number of ether oxygens (including phenoxy) is 2. The molecule has 2 rings (SSSR count). The number of hydrogen-bond donors (Lipinski definition) is 1. The lowest BCUT2D eigenvalue weighted by Gasteiger charge is -2.10. The van der Waals surface area contributed by atoms with E-state index in [0.717, 1.165) is 12.1 Å². The van der Waals surface area contributed by atoms with E-state index >= 15 is 0 Å². The smallest absolute Gasteiger partial charge is 0.224 e. The van der Waals surface area contributed by atoms with Crippen molar-refractivity contribution < 1.29 is 9.47 Å². The number of aromatic nitrogens is 2. The largest absolute Gasteiger partial charge is 0.439 e. The summed E-state index contributed by atoms with van der Waals surface area (Å²) in [6, 6.07) is 7.23. The molecule has 1 heterocycles. The molecule has 0 radical (unpaired) electrons. The molecule has 0 atom stereocenters. The van der Waals surface area contributed by atoms with Crippen molar-refractivity contribution in [1.82, 2.24) is 9.97 Å². The van der Waals surface area contributed by atoms with Gasteiger partial charge in [0.25, 0.3) is 0 Å². The molecule has 2 aromatic rings. The van der Waals surface area contributed by atoms with Crippen LogP contribution in [-0.4, -0.2) is 23.6 Å². The van der Waals surface area contributed by atoms with E-state index in [1.807, 2.05) is 19.9 Å². The first-order valence-corrected chi connectivity index (χ1v) is 7.05. The minimum Gasteiger partial charge on any atom is -0.439 e. The molecule has 0 aliphatic heterocycles. The van der Waals surface area contributed by atoms with Crippen LogP contribution >= 0.6 is 11.6 Å². The number of benzene rings is 1. The molecule has 0 unspecified atom stereocenters. The molecule has 0 spiro atoms. The van der Waals surface area contributed by atoms with Gasteiger partial charge in [-0.1, -0.05) is 11.6 Å². The molecule has 21 heavy (non-hydrogen) atoms. The maximum absolute atomic E-state index is 6.01. The van der Waals surface area contributed by atoms with E-state index in [2.05, 4.69) is 15.3 Å². The maximum Gasteiger partial charge on any atom is 0.224 e. The number of rotatable bonds is 6. The zero-order valence-corrected chi connectivity index (χ0v) is 13.1. The molecule has 1 aromatic heterocycles. The van der Waals surface area contributed by atoms with Crippen LogP contribution in [-0.2, 0) is 11.3 Å². The Morgan fingerprint density at radius 3 is 2.71 bits per heavy atom. The van der Waals surface area contributed by atoms with Gasteiger partial charge in [0.1, 0.15) is 18.2 Å². The SMILES string of the molecule is CCNc1cc(Oc2ccc(Cl)c(C)c2)nc(COC)n1. The second-order valence-electron chi connectivity index (χ2n) is 4.48. The lowest BCUT2D eigenvalue weighted by molar-refractivity contribution is 0.177. The third kappa shape index (κ3) is 4.31. The zero-order valence-electron chi connectivity index (χ0n) is 12.3. The molecular weight excluding hydrogens is 290 g/mol. The van der Waals surface area contributed by atoms with Gasteiger partial charge in [-0.25, -0.2) is 4.98 Å². The van der Waals surface area contributed by atoms with E-state index in [1.165, 1.54) is 0 Å². The minimum absolute atomic E-state index is 0.329. The van der Waals surface area contributed by atoms with Gasteiger partial charge in [-0.2, -0.15) is 4.98 Å². The van der Waals surface area contributed by atoms with Gasteiger partial charge in [0.05, 0.1) is 0 Å². The quantitative estimate of drug-likeness (QED) is 0.879. The molecule has 0 saturated heterocycles. The fraction of sp³-hybridized carbons (Fsp3) is 0.333. The van der Waals surface area contributed by atoms with E-state index in [9.17, 15) is 0 Å². The summed E-state index contributed by atoms with van der Waals surface area (Å²) < 4.78 is 10.9. The topological polar surface area (TPSA) is 56.3 Å². The van der Waals surface area contributed by atoms with Gasteiger partial charge < -0.3 is 14.8 Å². The summed E-state index contributed by atoms with van der Waals surface area (Å²) in [6.07, 6.45) is 0. The Kier molecular flexibility index (Phi) is 5.36. The number of halogens is 1. The first kappa shape index (κ1) is 15.5. The molecule has 1 aromatic carbocycles. The molecule has 0 bridgehead atoms. The first-order chi connectivity index (χ1) is 10.1. The van der Waals surface area contributed by atoms with Gasteiger partial charge in [-0.3, -0.25) is 0 Å². The van der Waals surface area contributed by atoms with Crippen LogP contribution in [0.5, 0.6) is 11.6 Å². The van der Waals surface area contributed by atoms with Crippen LogP contribution < -0.4 is 10.1 Å². The molecule has 112 valence electrons. The van der Waals surface area contributed by atoms with Crippen molar-refractivity contribution in [2.24, 2.45) is 0 Å². The number of hydrogen-bond acceptors (Lipinski definition) is 5. The molecule has 5 nitrogen and oxygen atoms in total. The average Bonchev–Trinajstić information content (AvgIpc) is 2.43. The van der Waals surface area contributed by atoms with Gasteiger partial charge in [-0.15, -0.1) is 0 Å². The average molecular weight is 308 g/mol. The third-order valence-electron chi connectivity index (χ3n) is 2.73. The summed E-state index contributed by atoms with van der Waals surface area (Å²) in [5.74, 6) is 2.42. The van der Waals surface area contributed by atoms with Crippen molar-refractivity contribution in [3.63, 3.8) is 0 Å². The standard InChI is InChI=1S/C15H18ClN3O2/c1-4-17-13-8-15(19-14(18-13)9-20-3)21-11-5-6-12(16)10(2)7-11/h5-8H,4,9H2,1-3H3,(H,17,18,19). The maximum atomic E-state index is 6.01. The Balaban J connectivity index is 2.26. The highest BCUT2D eigenvalue weighted by Gasteiger charge is 2.07. The second kappa shape index (κ2) is 7.24. The Bertz CT molecular complexity index is 596. The molecule has 0 aliphatic carbocycles. The number of aryl methyl sites for hydroxylation is 1. The molecule has 0 amide bonds. The van der Waals surface area contributed by atoms with Gasteiger partial charge in [0, 0.05) is 24.7 Å². The van der Waals surface area contributed by atoms with Crippen LogP contribution in [0, 0.1) is 6.92 Å². The summed E-state index contributed by atoms with van der Waals surface area (Å²) in [7, 11) is 1.60. The van der Waals surface area contributed by atoms with E-state index in [-0.39, 0.29) is 0 Å². The van der Waals surface area contributed by atoms with Crippen LogP contribution in [0.4, 0.5) is 5.82 Å². The van der Waals surface area contributed by atoms with Crippen molar-refractivity contribution in [2.45, 2.75) is 20.5 Å². The van der Waals surface area contributed by atoms with Crippen molar-refractivity contribution in [3.8, 4) is 11.6 Å². The lowest BCUT2D eigenvalue weighted by Crippen LogP contribution is -2.05. The van der Waals surface area contributed by atoms with Crippen molar-refractivity contribution in [1.29, 1.82) is 0 Å². The highest BCUT2D eigenvalue weighted by atomic mass is 35.5. The van der Waals surface area contributed by atoms with E-state index in [0.29, 0.717) is 34.9 Å². The predicted molar refractivity (Wildman–Crippen MR) is 83.2 cm³/mol. The van der Waals surface area contributed by atoms with Gasteiger partial charge >= 0.3 is 0 Å². The van der Waals surface area contributed by atoms with E-state index in [4.69, 9.17) is 21.1 Å². The van der Waals surface area contributed by atoms with Crippen LogP contribution in [0.1, 0.15) is 18.3 Å². The lowest BCUT2D eigenvalue weighted by atomic mass is 10.2. The molecule has 0 aliphatic rings. The number of methoxy groups -OCH3 is 1. The van der Waals surface area contributed by atoms with Crippen LogP contribution in [0.3, 0.4) is 0 Å². The van der Waals surface area contributed by atoms with Crippen LogP contribution in [0.25, 0.3) is 0 Å². The van der Waals surface area contributed by atoms with E-state index in [1.54, 1.807) is 25.3 Å². The summed E-state index contributed by atoms with van der Waals surface area (Å²) in [4.78, 5) is 8.66. The Morgan fingerprint density at radius 1 is 1.24 bits per heavy atom. The van der Waals surface area contributed by atoms with Crippen molar-refractivity contribution in [3.05, 3.63) is 40.7 Å². The summed E-state index contributed by atoms with van der Waals surface area (Å²) in [5.41, 5.74) is 0.951. The third-order valence-corrected chi connectivity index (χ3v) is 3.16. The number of anilines is 1. The van der Waals surface area contributed by atoms with Gasteiger partial charge in [0.15, 0.2) is 5.82 Å². The normalized spacial score (nSPS) is 10.5. The minimum atomic E-state index is 0.329. The molecular formula is C15H18ClN3O2. The van der Waals surface area contributed by atoms with Crippen LogP contribution in [0.2, 0.25) is 5.02 Å². The van der Waals surface area contributed by atoms with Gasteiger partial charge in [-0.05, 0) is 37.6 Å². The van der Waals surface area contributed by atoms with Crippen LogP contribution in [0.15, 0.2) is 24.3 Å². The number of nitrogens with one attached hydrogen (secondary N) is 1. The Morgan fingerprint density at radius 2 is 2.05 bits per heavy atom. The van der Waals surface area contributed by atoms with Crippen molar-refractivity contribution in [2.75, 3.05) is 19.0 Å². The summed E-state index contributed by atoms with van der Waals surface area (Å²) in [5, 5.41) is 3.85. The monoisotopic (exact) mass is 307 g/mol. The molecule has 1 N–H and O–H groups in total. The summed E-state index contributed by atoms with van der Waals surface area (Å²) >= 11 is 6.01.